The number of ketones is 2. The quantitative estimate of drug-likeness (QED) is 0.128. The van der Waals surface area contributed by atoms with Crippen molar-refractivity contribution in [2.75, 3.05) is 0 Å². The molecule has 0 spiro atoms. The summed E-state index contributed by atoms with van der Waals surface area (Å²) in [5, 5.41) is 0. The Bertz CT molecular complexity index is 3470. The van der Waals surface area contributed by atoms with Crippen molar-refractivity contribution in [3.63, 3.8) is 0 Å². The molecule has 10 rings (SSSR count). The first kappa shape index (κ1) is 46.2. The number of benzene rings is 8. The van der Waals surface area contributed by atoms with Crippen LogP contribution >= 0.6 is 0 Å². The number of carbonyl (C=O) groups is 2. The van der Waals surface area contributed by atoms with Crippen molar-refractivity contribution in [1.29, 1.82) is 0 Å². The van der Waals surface area contributed by atoms with E-state index in [2.05, 4.69) is 0 Å². The van der Waals surface area contributed by atoms with Gasteiger partial charge in [-0.25, -0.2) is 0 Å². The molecule has 0 saturated carbocycles. The summed E-state index contributed by atoms with van der Waals surface area (Å²) in [5.41, 5.74) is 8.97. The number of halogens is 6. The molecule has 0 atom stereocenters. The lowest BCUT2D eigenvalue weighted by molar-refractivity contribution is -0.138. The highest BCUT2D eigenvalue weighted by molar-refractivity contribution is 6.60. The van der Waals surface area contributed by atoms with Gasteiger partial charge in [-0.1, -0.05) is 169 Å². The van der Waals surface area contributed by atoms with E-state index in [-0.39, 0.29) is 28.1 Å². The van der Waals surface area contributed by atoms with Crippen molar-refractivity contribution < 1.29 is 40.7 Å². The molecule has 0 aromatic heterocycles. The highest BCUT2D eigenvalue weighted by atomic mass is 19.4. The first-order chi connectivity index (χ1) is 34.1. The zero-order valence-electron chi connectivity index (χ0n) is 38.1. The molecule has 348 valence electrons. The van der Waals surface area contributed by atoms with Gasteiger partial charge in [0.05, 0.1) is 11.1 Å². The van der Waals surface area contributed by atoms with Crippen LogP contribution < -0.4 is 4.74 Å². The minimum atomic E-state index is -4.63. The van der Waals surface area contributed by atoms with Crippen LogP contribution in [0.5, 0.6) is 11.5 Å². The van der Waals surface area contributed by atoms with Crippen LogP contribution in [0.2, 0.25) is 0 Å². The molecule has 8 aromatic carbocycles. The molecule has 0 aliphatic heterocycles. The van der Waals surface area contributed by atoms with Crippen LogP contribution in [0.1, 0.15) is 66.8 Å². The van der Waals surface area contributed by atoms with Crippen LogP contribution in [0.25, 0.3) is 44.6 Å². The van der Waals surface area contributed by atoms with Gasteiger partial charge in [0.15, 0.2) is 11.6 Å². The van der Waals surface area contributed by atoms with Crippen LogP contribution in [0.3, 0.4) is 0 Å². The summed E-state index contributed by atoms with van der Waals surface area (Å²) in [5.74, 6) is 0.282. The minimum Gasteiger partial charge on any atom is -0.457 e. The Kier molecular flexibility index (Phi) is 12.0. The van der Waals surface area contributed by atoms with Gasteiger partial charge in [0.1, 0.15) is 11.5 Å². The summed E-state index contributed by atoms with van der Waals surface area (Å²) in [6.45, 7) is 4.01. The molecule has 0 saturated heterocycles. The number of aryl methyl sites for hydroxylation is 2. The molecule has 0 heterocycles. The number of allylic oxidation sites excluding steroid dienone is 8. The number of carbonyl (C=O) groups excluding carboxylic acids is 2. The van der Waals surface area contributed by atoms with Gasteiger partial charge in [-0.05, 0) is 107 Å². The van der Waals surface area contributed by atoms with Crippen molar-refractivity contribution >= 4 is 56.2 Å². The molecule has 0 amide bonds. The second-order valence-corrected chi connectivity index (χ2v) is 17.4. The molecule has 8 aromatic rings. The van der Waals surface area contributed by atoms with Crippen LogP contribution in [0.4, 0.5) is 26.3 Å². The minimum absolute atomic E-state index is 0.0794. The average Bonchev–Trinajstić information content (AvgIpc) is 3.85. The van der Waals surface area contributed by atoms with E-state index < -0.39 is 29.3 Å². The standard InChI is InChI=1S/C62H40F6O3/c1-37-13-17-43(18-14-37)55-51(39-9-5-3-6-10-39)53(56(59(55)69)44-19-15-38(2)16-20-44)41-25-33-49(34-26-41)71-50-35-27-42(28-36-50)54-52(40-11-7-4-8-12-40)57(45-21-29-47(30-22-45)61(63,64)65)60(70)58(54)46-23-31-48(32-24-46)62(66,67)68/h3-36H,1-2H3. The van der Waals surface area contributed by atoms with E-state index in [4.69, 9.17) is 4.74 Å². The Morgan fingerprint density at radius 3 is 0.775 bits per heavy atom. The Labute approximate surface area is 406 Å². The number of Topliss-reactive ketones (excluding diaryl/α,β-unsaturated/α-hetero) is 2. The van der Waals surface area contributed by atoms with Crippen molar-refractivity contribution in [2.24, 2.45) is 0 Å². The van der Waals surface area contributed by atoms with E-state index in [1.165, 1.54) is 24.3 Å². The molecule has 0 bridgehead atoms. The molecule has 0 fully saturated rings. The maximum atomic E-state index is 14.8. The van der Waals surface area contributed by atoms with E-state index >= 15 is 0 Å². The second-order valence-electron chi connectivity index (χ2n) is 17.4. The van der Waals surface area contributed by atoms with Gasteiger partial charge in [-0.3, -0.25) is 9.59 Å². The molecule has 0 unspecified atom stereocenters. The predicted molar refractivity (Wildman–Crippen MR) is 268 cm³/mol. The second kappa shape index (κ2) is 18.4. The van der Waals surface area contributed by atoms with E-state index in [0.29, 0.717) is 44.9 Å². The Morgan fingerprint density at radius 2 is 0.507 bits per heavy atom. The highest BCUT2D eigenvalue weighted by Gasteiger charge is 2.39. The summed E-state index contributed by atoms with van der Waals surface area (Å²) in [6.07, 6.45) is -9.25. The number of hydrogen-bond donors (Lipinski definition) is 0. The third-order valence-electron chi connectivity index (χ3n) is 12.7. The number of ether oxygens (including phenoxy) is 1. The van der Waals surface area contributed by atoms with Gasteiger partial charge in [-0.2, -0.15) is 26.3 Å². The number of rotatable bonds is 10. The first-order valence-corrected chi connectivity index (χ1v) is 22.7. The van der Waals surface area contributed by atoms with Crippen LogP contribution in [0, 0.1) is 13.8 Å². The largest absolute Gasteiger partial charge is 0.457 e. The Balaban J connectivity index is 1.05. The first-order valence-electron chi connectivity index (χ1n) is 22.7. The summed E-state index contributed by atoms with van der Waals surface area (Å²) in [4.78, 5) is 29.6. The number of hydrogen-bond acceptors (Lipinski definition) is 3. The fourth-order valence-corrected chi connectivity index (χ4v) is 9.28. The van der Waals surface area contributed by atoms with Gasteiger partial charge >= 0.3 is 12.4 Å². The van der Waals surface area contributed by atoms with Crippen molar-refractivity contribution in [1.82, 2.24) is 0 Å². The van der Waals surface area contributed by atoms with Gasteiger partial charge in [0, 0.05) is 44.6 Å². The molecular weight excluding hydrogens is 907 g/mol. The molecule has 0 radical (unpaired) electrons. The summed E-state index contributed by atoms with van der Waals surface area (Å²) < 4.78 is 88.8. The van der Waals surface area contributed by atoms with Crippen LogP contribution in [0.15, 0.2) is 206 Å². The van der Waals surface area contributed by atoms with E-state index in [9.17, 15) is 35.9 Å². The van der Waals surface area contributed by atoms with E-state index in [1.54, 1.807) is 54.6 Å². The average molecular weight is 947 g/mol. The zero-order valence-corrected chi connectivity index (χ0v) is 38.1. The maximum Gasteiger partial charge on any atom is 0.416 e. The van der Waals surface area contributed by atoms with E-state index in [1.807, 2.05) is 117 Å². The van der Waals surface area contributed by atoms with Crippen LogP contribution in [-0.4, -0.2) is 11.6 Å². The van der Waals surface area contributed by atoms with Gasteiger partial charge in [0.2, 0.25) is 0 Å². The molecule has 3 nitrogen and oxygen atoms in total. The smallest absolute Gasteiger partial charge is 0.416 e. The van der Waals surface area contributed by atoms with Gasteiger partial charge in [0.25, 0.3) is 0 Å². The molecule has 0 N–H and O–H groups in total. The van der Waals surface area contributed by atoms with Crippen molar-refractivity contribution in [3.05, 3.63) is 273 Å². The lowest BCUT2D eigenvalue weighted by atomic mass is 9.89. The highest BCUT2D eigenvalue weighted by Crippen LogP contribution is 2.52. The van der Waals surface area contributed by atoms with Crippen molar-refractivity contribution in [3.8, 4) is 11.5 Å². The fraction of sp³-hybridized carbons (Fsp3) is 0.0645. The number of alkyl halides is 6. The SMILES string of the molecule is Cc1ccc(C2=C(c3ccccc3)C(c3ccc(Oc4ccc(C5=C(c6ccc(C(F)(F)F)cc6)C(=O)C(c6ccc(C(F)(F)F)cc6)=C5c5ccccc5)cc4)cc3)=C(c3ccc(C)cc3)C2=O)cc1. The lowest BCUT2D eigenvalue weighted by Gasteiger charge is -2.15. The molecule has 9 heteroatoms. The Morgan fingerprint density at radius 1 is 0.282 bits per heavy atom. The predicted octanol–water partition coefficient (Wildman–Crippen LogP) is 16.3. The van der Waals surface area contributed by atoms with Crippen LogP contribution in [-0.2, 0) is 21.9 Å². The molecular formula is C62H40F6O3. The third-order valence-corrected chi connectivity index (χ3v) is 12.7. The Hall–Kier alpha value is -8.56. The lowest BCUT2D eigenvalue weighted by Crippen LogP contribution is -2.07. The summed E-state index contributed by atoms with van der Waals surface area (Å²) in [7, 11) is 0. The molecule has 2 aliphatic carbocycles. The van der Waals surface area contributed by atoms with Gasteiger partial charge < -0.3 is 4.74 Å². The topological polar surface area (TPSA) is 43.4 Å². The molecule has 71 heavy (non-hydrogen) atoms. The monoisotopic (exact) mass is 946 g/mol. The van der Waals surface area contributed by atoms with Crippen molar-refractivity contribution in [2.45, 2.75) is 26.2 Å². The molecule has 2 aliphatic rings. The third kappa shape index (κ3) is 8.98. The summed E-state index contributed by atoms with van der Waals surface area (Å²) in [6, 6.07) is 57.6. The van der Waals surface area contributed by atoms with Gasteiger partial charge in [-0.15, -0.1) is 0 Å². The normalized spacial score (nSPS) is 14.3. The maximum absolute atomic E-state index is 14.8. The van der Waals surface area contributed by atoms with E-state index in [0.717, 1.165) is 68.8 Å². The zero-order chi connectivity index (χ0) is 49.6. The fourth-order valence-electron chi connectivity index (χ4n) is 9.28. The summed E-state index contributed by atoms with van der Waals surface area (Å²) >= 11 is 0.